The van der Waals surface area contributed by atoms with Crippen LogP contribution in [0.15, 0.2) is 60.8 Å². The van der Waals surface area contributed by atoms with Crippen molar-refractivity contribution in [2.75, 3.05) is 10.6 Å². The van der Waals surface area contributed by atoms with Crippen LogP contribution in [0.25, 0.3) is 0 Å². The summed E-state index contributed by atoms with van der Waals surface area (Å²) < 4.78 is 19.0. The predicted molar refractivity (Wildman–Crippen MR) is 102 cm³/mol. The van der Waals surface area contributed by atoms with E-state index in [-0.39, 0.29) is 17.7 Å². The molecule has 0 saturated carbocycles. The smallest absolute Gasteiger partial charge is 0.274 e. The number of aromatic nitrogens is 2. The zero-order chi connectivity index (χ0) is 19.2. The highest BCUT2D eigenvalue weighted by Crippen LogP contribution is 2.27. The van der Waals surface area contributed by atoms with Gasteiger partial charge in [-0.1, -0.05) is 18.2 Å². The number of rotatable bonds is 6. The first-order chi connectivity index (χ1) is 13.0. The lowest BCUT2D eigenvalue weighted by atomic mass is 10.3. The van der Waals surface area contributed by atoms with Crippen LogP contribution in [0.3, 0.4) is 0 Å². The Morgan fingerprint density at radius 1 is 1.11 bits per heavy atom. The fourth-order valence-corrected chi connectivity index (χ4v) is 2.35. The van der Waals surface area contributed by atoms with E-state index in [1.807, 2.05) is 38.1 Å². The van der Waals surface area contributed by atoms with Crippen molar-refractivity contribution in [3.8, 4) is 5.75 Å². The maximum Gasteiger partial charge on any atom is 0.274 e. The molecule has 0 unspecified atom stereocenters. The molecule has 2 N–H and O–H groups in total. The van der Waals surface area contributed by atoms with E-state index in [2.05, 4.69) is 20.6 Å². The van der Waals surface area contributed by atoms with Crippen molar-refractivity contribution in [1.82, 2.24) is 9.97 Å². The number of nitrogens with one attached hydrogen (secondary N) is 2. The fourth-order valence-electron chi connectivity index (χ4n) is 2.35. The molecule has 0 atom stereocenters. The maximum atomic E-state index is 13.3. The van der Waals surface area contributed by atoms with E-state index in [1.54, 1.807) is 6.07 Å². The third-order valence-electron chi connectivity index (χ3n) is 3.47. The normalized spacial score (nSPS) is 10.5. The molecule has 27 heavy (non-hydrogen) atoms. The zero-order valence-corrected chi connectivity index (χ0v) is 14.9. The number of hydrogen-bond donors (Lipinski definition) is 2. The average Bonchev–Trinajstić information content (AvgIpc) is 2.63. The van der Waals surface area contributed by atoms with Crippen molar-refractivity contribution in [2.45, 2.75) is 20.0 Å². The first kappa shape index (κ1) is 18.3. The molecule has 0 radical (unpaired) electrons. The van der Waals surface area contributed by atoms with Gasteiger partial charge in [-0.25, -0.2) is 14.4 Å². The maximum absolute atomic E-state index is 13.3. The van der Waals surface area contributed by atoms with Crippen molar-refractivity contribution in [3.05, 3.63) is 72.3 Å². The van der Waals surface area contributed by atoms with Crippen LogP contribution in [0.1, 0.15) is 24.3 Å². The van der Waals surface area contributed by atoms with Gasteiger partial charge in [0.25, 0.3) is 5.91 Å². The number of hydrogen-bond acceptors (Lipinski definition) is 5. The van der Waals surface area contributed by atoms with Gasteiger partial charge in [0.2, 0.25) is 5.95 Å². The van der Waals surface area contributed by atoms with E-state index in [9.17, 15) is 9.18 Å². The molecule has 1 heterocycles. The van der Waals surface area contributed by atoms with Gasteiger partial charge < -0.3 is 15.4 Å². The molecule has 0 aliphatic heterocycles. The summed E-state index contributed by atoms with van der Waals surface area (Å²) >= 11 is 0. The molecule has 138 valence electrons. The van der Waals surface area contributed by atoms with Crippen LogP contribution in [0.5, 0.6) is 5.75 Å². The van der Waals surface area contributed by atoms with Gasteiger partial charge in [0.05, 0.1) is 11.8 Å². The summed E-state index contributed by atoms with van der Waals surface area (Å²) in [7, 11) is 0. The molecule has 1 aromatic heterocycles. The lowest BCUT2D eigenvalue weighted by molar-refractivity contribution is 0.102. The molecule has 1 amide bonds. The van der Waals surface area contributed by atoms with Crippen LogP contribution in [-0.2, 0) is 0 Å². The number of carbonyl (C=O) groups is 1. The Hall–Kier alpha value is -3.48. The summed E-state index contributed by atoms with van der Waals surface area (Å²) in [5, 5.41) is 5.66. The summed E-state index contributed by atoms with van der Waals surface area (Å²) in [4.78, 5) is 20.7. The Labute approximate surface area is 156 Å². The van der Waals surface area contributed by atoms with Crippen molar-refractivity contribution in [1.29, 1.82) is 0 Å². The Kier molecular flexibility index (Phi) is 5.61. The minimum absolute atomic E-state index is 0.0113. The molecular formula is C20H19FN4O2. The number of nitrogens with zero attached hydrogens (tertiary/aromatic N) is 2. The summed E-state index contributed by atoms with van der Waals surface area (Å²) in [6.45, 7) is 3.87. The Morgan fingerprint density at radius 2 is 1.93 bits per heavy atom. The molecule has 0 saturated heterocycles. The quantitative estimate of drug-likeness (QED) is 0.676. The number of halogens is 1. The van der Waals surface area contributed by atoms with Crippen LogP contribution in [-0.4, -0.2) is 22.0 Å². The van der Waals surface area contributed by atoms with Gasteiger partial charge in [-0.15, -0.1) is 0 Å². The molecular weight excluding hydrogens is 347 g/mol. The van der Waals surface area contributed by atoms with Crippen LogP contribution in [0.4, 0.5) is 21.7 Å². The topological polar surface area (TPSA) is 76.1 Å². The molecule has 0 aliphatic carbocycles. The van der Waals surface area contributed by atoms with Gasteiger partial charge in [-0.05, 0) is 50.2 Å². The fraction of sp³-hybridized carbons (Fsp3) is 0.150. The molecule has 2 aromatic carbocycles. The van der Waals surface area contributed by atoms with Crippen molar-refractivity contribution >= 4 is 23.2 Å². The second kappa shape index (κ2) is 8.27. The monoisotopic (exact) mass is 366 g/mol. The van der Waals surface area contributed by atoms with Crippen LogP contribution in [0.2, 0.25) is 0 Å². The second-order valence-electron chi connectivity index (χ2n) is 6.02. The van der Waals surface area contributed by atoms with Crippen molar-refractivity contribution < 1.29 is 13.9 Å². The van der Waals surface area contributed by atoms with Gasteiger partial charge >= 0.3 is 0 Å². The molecule has 0 spiro atoms. The molecule has 0 fully saturated rings. The predicted octanol–water partition coefficient (Wildman–Crippen LogP) is 4.40. The zero-order valence-electron chi connectivity index (χ0n) is 14.9. The highest BCUT2D eigenvalue weighted by atomic mass is 19.1. The number of ether oxygens (including phenoxy) is 1. The van der Waals surface area contributed by atoms with Crippen LogP contribution >= 0.6 is 0 Å². The standard InChI is InChI=1S/C20H19FN4O2/c1-13(2)27-18-9-4-3-8-16(18)24-20-22-11-10-17(25-20)19(26)23-15-7-5-6-14(21)12-15/h3-13H,1-2H3,(H,23,26)(H,22,24,25). The van der Waals surface area contributed by atoms with Crippen molar-refractivity contribution in [2.24, 2.45) is 0 Å². The van der Waals surface area contributed by atoms with Gasteiger partial charge in [0, 0.05) is 11.9 Å². The number of amides is 1. The highest BCUT2D eigenvalue weighted by Gasteiger charge is 2.11. The first-order valence-electron chi connectivity index (χ1n) is 8.44. The SMILES string of the molecule is CC(C)Oc1ccccc1Nc1nccc(C(=O)Nc2cccc(F)c2)n1. The van der Waals surface area contributed by atoms with E-state index in [4.69, 9.17) is 4.74 Å². The average molecular weight is 366 g/mol. The first-order valence-corrected chi connectivity index (χ1v) is 8.44. The van der Waals surface area contributed by atoms with Crippen LogP contribution < -0.4 is 15.4 Å². The summed E-state index contributed by atoms with van der Waals surface area (Å²) in [6, 6.07) is 14.5. The molecule has 3 aromatic rings. The lowest BCUT2D eigenvalue weighted by Crippen LogP contribution is -2.15. The largest absolute Gasteiger partial charge is 0.489 e. The molecule has 0 bridgehead atoms. The third kappa shape index (κ3) is 5.01. The second-order valence-corrected chi connectivity index (χ2v) is 6.02. The molecule has 7 heteroatoms. The van der Waals surface area contributed by atoms with Gasteiger partial charge in [-0.2, -0.15) is 0 Å². The van der Waals surface area contributed by atoms with E-state index in [0.29, 0.717) is 17.1 Å². The van der Waals surface area contributed by atoms with E-state index < -0.39 is 11.7 Å². The Bertz CT molecular complexity index is 947. The number of carbonyl (C=O) groups excluding carboxylic acids is 1. The summed E-state index contributed by atoms with van der Waals surface area (Å²) in [6.07, 6.45) is 1.49. The Morgan fingerprint density at radius 3 is 2.70 bits per heavy atom. The van der Waals surface area contributed by atoms with E-state index in [1.165, 1.54) is 30.5 Å². The number of para-hydroxylation sites is 2. The van der Waals surface area contributed by atoms with E-state index >= 15 is 0 Å². The van der Waals surface area contributed by atoms with Gasteiger partial charge in [0.1, 0.15) is 17.3 Å². The minimum atomic E-state index is -0.460. The van der Waals surface area contributed by atoms with Crippen molar-refractivity contribution in [3.63, 3.8) is 0 Å². The summed E-state index contributed by atoms with van der Waals surface area (Å²) in [5.74, 6) is 0.0183. The van der Waals surface area contributed by atoms with Crippen LogP contribution in [0, 0.1) is 5.82 Å². The lowest BCUT2D eigenvalue weighted by Gasteiger charge is -2.14. The Balaban J connectivity index is 1.77. The highest BCUT2D eigenvalue weighted by molar-refractivity contribution is 6.03. The number of benzene rings is 2. The number of anilines is 3. The van der Waals surface area contributed by atoms with Gasteiger partial charge in [0.15, 0.2) is 0 Å². The van der Waals surface area contributed by atoms with E-state index in [0.717, 1.165) is 0 Å². The summed E-state index contributed by atoms with van der Waals surface area (Å²) in [5.41, 5.74) is 1.19. The van der Waals surface area contributed by atoms with Gasteiger partial charge in [-0.3, -0.25) is 4.79 Å². The molecule has 6 nitrogen and oxygen atoms in total. The molecule has 3 rings (SSSR count). The third-order valence-corrected chi connectivity index (χ3v) is 3.47. The minimum Gasteiger partial charge on any atom is -0.489 e. The molecule has 0 aliphatic rings.